The summed E-state index contributed by atoms with van der Waals surface area (Å²) in [5.74, 6) is 0. The molecule has 2 nitrogen and oxygen atoms in total. The molecule has 0 spiro atoms. The Morgan fingerprint density at radius 3 is 1.65 bits per heavy atom. The highest BCUT2D eigenvalue weighted by molar-refractivity contribution is 7.81. The molecule has 2 rings (SSSR count). The summed E-state index contributed by atoms with van der Waals surface area (Å²) >= 11 is 13.9. The first-order valence-corrected chi connectivity index (χ1v) is 12.2. The van der Waals surface area contributed by atoms with Gasteiger partial charge in [0.2, 0.25) is 0 Å². The van der Waals surface area contributed by atoms with E-state index in [1.165, 1.54) is 5.56 Å². The normalized spacial score (nSPS) is 16.2. The number of thiol groups is 3. The second-order valence-electron chi connectivity index (χ2n) is 8.09. The first-order chi connectivity index (χ1) is 14.8. The van der Waals surface area contributed by atoms with Gasteiger partial charge in [-0.25, -0.2) is 0 Å². The number of hydrogen-bond acceptors (Lipinski definition) is 5. The number of aliphatic hydroxyl groups is 2. The molecule has 0 aliphatic heterocycles. The van der Waals surface area contributed by atoms with E-state index >= 15 is 0 Å². The standard InChI is InChI=1S/C26H34O2S3/c1-3-18-5-7-20(8-6-18)13-24(29)14-22(27)15-25(30)16-23(28)17-26(31)21-11-9-19(4-2)10-12-21/h3-12,22-31H,1-2,13-17H2. The molecule has 0 aliphatic rings. The van der Waals surface area contributed by atoms with Crippen molar-refractivity contribution in [2.24, 2.45) is 0 Å². The Morgan fingerprint density at radius 2 is 1.13 bits per heavy atom. The first-order valence-electron chi connectivity index (χ1n) is 10.6. The predicted octanol–water partition coefficient (Wildman–Crippen LogP) is 6.07. The largest absolute Gasteiger partial charge is 0.393 e. The van der Waals surface area contributed by atoms with Crippen molar-refractivity contribution in [3.8, 4) is 0 Å². The maximum atomic E-state index is 10.5. The van der Waals surface area contributed by atoms with Crippen LogP contribution >= 0.6 is 37.9 Å². The summed E-state index contributed by atoms with van der Waals surface area (Å²) in [4.78, 5) is 0. The van der Waals surface area contributed by atoms with Crippen molar-refractivity contribution in [1.82, 2.24) is 0 Å². The molecule has 2 N–H and O–H groups in total. The second kappa shape index (κ2) is 13.4. The second-order valence-corrected chi connectivity index (χ2v) is 10.2. The van der Waals surface area contributed by atoms with Crippen LogP contribution < -0.4 is 0 Å². The molecule has 5 unspecified atom stereocenters. The van der Waals surface area contributed by atoms with E-state index in [2.05, 4.69) is 63.2 Å². The average Bonchev–Trinajstić information content (AvgIpc) is 2.73. The highest BCUT2D eigenvalue weighted by atomic mass is 32.1. The molecule has 31 heavy (non-hydrogen) atoms. The summed E-state index contributed by atoms with van der Waals surface area (Å²) in [7, 11) is 0. The van der Waals surface area contributed by atoms with Crippen molar-refractivity contribution in [2.45, 2.75) is 60.1 Å². The van der Waals surface area contributed by atoms with E-state index in [-0.39, 0.29) is 15.7 Å². The van der Waals surface area contributed by atoms with Crippen LogP contribution in [0.4, 0.5) is 0 Å². The minimum absolute atomic E-state index is 0.0476. The lowest BCUT2D eigenvalue weighted by molar-refractivity contribution is 0.127. The third-order valence-corrected chi connectivity index (χ3v) is 6.70. The Balaban J connectivity index is 1.73. The zero-order valence-corrected chi connectivity index (χ0v) is 20.5. The van der Waals surface area contributed by atoms with E-state index in [1.54, 1.807) is 6.08 Å². The van der Waals surface area contributed by atoms with Crippen molar-refractivity contribution in [3.05, 3.63) is 83.9 Å². The molecule has 0 radical (unpaired) electrons. The molecular formula is C26H34O2S3. The lowest BCUT2D eigenvalue weighted by Gasteiger charge is -2.22. The molecule has 5 atom stereocenters. The Bertz CT molecular complexity index is 804. The molecule has 2 aromatic carbocycles. The van der Waals surface area contributed by atoms with Gasteiger partial charge in [-0.15, -0.1) is 0 Å². The highest BCUT2D eigenvalue weighted by Crippen LogP contribution is 2.28. The molecular weight excluding hydrogens is 440 g/mol. The maximum Gasteiger partial charge on any atom is 0.0564 e. The quantitative estimate of drug-likeness (QED) is 0.229. The number of aliphatic hydroxyl groups excluding tert-OH is 2. The summed E-state index contributed by atoms with van der Waals surface area (Å²) in [6.45, 7) is 7.52. The van der Waals surface area contributed by atoms with Crippen LogP contribution in [0, 0.1) is 0 Å². The van der Waals surface area contributed by atoms with Gasteiger partial charge in [0.1, 0.15) is 0 Å². The summed E-state index contributed by atoms with van der Waals surface area (Å²) < 4.78 is 0. The molecule has 0 saturated heterocycles. The van der Waals surface area contributed by atoms with Gasteiger partial charge in [0, 0.05) is 15.7 Å². The first kappa shape index (κ1) is 26.1. The average molecular weight is 475 g/mol. The molecule has 0 bridgehead atoms. The van der Waals surface area contributed by atoms with Crippen LogP contribution in [0.2, 0.25) is 0 Å². The van der Waals surface area contributed by atoms with Crippen LogP contribution in [0.25, 0.3) is 12.2 Å². The summed E-state index contributed by atoms with van der Waals surface area (Å²) in [6.07, 6.45) is 5.57. The van der Waals surface area contributed by atoms with E-state index in [0.717, 1.165) is 23.1 Å². The van der Waals surface area contributed by atoms with Gasteiger partial charge in [0.05, 0.1) is 12.2 Å². The minimum Gasteiger partial charge on any atom is -0.393 e. The Kier molecular flexibility index (Phi) is 11.3. The zero-order valence-electron chi connectivity index (χ0n) is 17.8. The summed E-state index contributed by atoms with van der Waals surface area (Å²) in [5, 5.41) is 20.9. The molecule has 0 amide bonds. The van der Waals surface area contributed by atoms with E-state index in [0.29, 0.717) is 25.7 Å². The fourth-order valence-electron chi connectivity index (χ4n) is 3.62. The minimum atomic E-state index is -0.522. The van der Waals surface area contributed by atoms with Crippen LogP contribution in [-0.2, 0) is 6.42 Å². The van der Waals surface area contributed by atoms with Gasteiger partial charge in [-0.1, -0.05) is 73.8 Å². The summed E-state index contributed by atoms with van der Waals surface area (Å²) in [5.41, 5.74) is 4.41. The molecule has 0 fully saturated rings. The Labute approximate surface area is 203 Å². The van der Waals surface area contributed by atoms with E-state index < -0.39 is 12.2 Å². The molecule has 5 heteroatoms. The van der Waals surface area contributed by atoms with Gasteiger partial charge in [-0.2, -0.15) is 37.9 Å². The Hall–Kier alpha value is -1.11. The van der Waals surface area contributed by atoms with Gasteiger partial charge in [-0.05, 0) is 54.4 Å². The van der Waals surface area contributed by atoms with Gasteiger partial charge >= 0.3 is 0 Å². The van der Waals surface area contributed by atoms with E-state index in [1.807, 2.05) is 42.5 Å². The molecule has 2 aromatic rings. The number of hydrogen-bond donors (Lipinski definition) is 5. The van der Waals surface area contributed by atoms with Crippen LogP contribution in [-0.4, -0.2) is 32.9 Å². The van der Waals surface area contributed by atoms with Crippen LogP contribution in [0.15, 0.2) is 61.7 Å². The maximum absolute atomic E-state index is 10.5. The molecule has 0 saturated carbocycles. The highest BCUT2D eigenvalue weighted by Gasteiger charge is 2.20. The van der Waals surface area contributed by atoms with Crippen molar-refractivity contribution >= 4 is 50.0 Å². The predicted molar refractivity (Wildman–Crippen MR) is 145 cm³/mol. The van der Waals surface area contributed by atoms with Gasteiger partial charge in [0.15, 0.2) is 0 Å². The zero-order chi connectivity index (χ0) is 22.8. The molecule has 0 aromatic heterocycles. The third kappa shape index (κ3) is 9.50. The van der Waals surface area contributed by atoms with E-state index in [9.17, 15) is 10.2 Å². The SMILES string of the molecule is C=Cc1ccc(CC(S)CC(O)CC(S)CC(O)CC(S)c2ccc(C=C)cc2)cc1. The number of rotatable bonds is 13. The summed E-state index contributed by atoms with van der Waals surface area (Å²) in [6, 6.07) is 16.2. The molecule has 168 valence electrons. The van der Waals surface area contributed by atoms with Crippen molar-refractivity contribution in [1.29, 1.82) is 0 Å². The van der Waals surface area contributed by atoms with Gasteiger partial charge in [-0.3, -0.25) is 0 Å². The van der Waals surface area contributed by atoms with E-state index in [4.69, 9.17) is 0 Å². The number of benzene rings is 2. The van der Waals surface area contributed by atoms with Crippen molar-refractivity contribution in [2.75, 3.05) is 0 Å². The monoisotopic (exact) mass is 474 g/mol. The molecule has 0 heterocycles. The topological polar surface area (TPSA) is 40.5 Å². The van der Waals surface area contributed by atoms with Crippen molar-refractivity contribution in [3.63, 3.8) is 0 Å². The fraction of sp³-hybridized carbons (Fsp3) is 0.385. The third-order valence-electron chi connectivity index (χ3n) is 5.37. The Morgan fingerprint density at radius 1 is 0.677 bits per heavy atom. The fourth-order valence-corrected chi connectivity index (χ4v) is 4.98. The lowest BCUT2D eigenvalue weighted by atomic mass is 9.98. The lowest BCUT2D eigenvalue weighted by Crippen LogP contribution is -2.23. The van der Waals surface area contributed by atoms with Crippen LogP contribution in [0.3, 0.4) is 0 Å². The van der Waals surface area contributed by atoms with Gasteiger partial charge < -0.3 is 10.2 Å². The van der Waals surface area contributed by atoms with Crippen molar-refractivity contribution < 1.29 is 10.2 Å². The van der Waals surface area contributed by atoms with Crippen LogP contribution in [0.5, 0.6) is 0 Å². The van der Waals surface area contributed by atoms with Crippen LogP contribution in [0.1, 0.15) is 53.2 Å². The van der Waals surface area contributed by atoms with Gasteiger partial charge in [0.25, 0.3) is 0 Å². The molecule has 0 aliphatic carbocycles. The smallest absolute Gasteiger partial charge is 0.0564 e.